The van der Waals surface area contributed by atoms with Gasteiger partial charge in [-0.15, -0.1) is 0 Å². The summed E-state index contributed by atoms with van der Waals surface area (Å²) in [6.07, 6.45) is 0.559. The van der Waals surface area contributed by atoms with Gasteiger partial charge in [0.1, 0.15) is 11.6 Å². The monoisotopic (exact) mass is 329 g/mol. The first-order valence-electron chi connectivity index (χ1n) is 8.06. The fourth-order valence-electron chi connectivity index (χ4n) is 2.82. The van der Waals surface area contributed by atoms with E-state index in [0.29, 0.717) is 12.1 Å². The molecule has 1 aliphatic rings. The Morgan fingerprint density at radius 1 is 1.29 bits per heavy atom. The van der Waals surface area contributed by atoms with Crippen LogP contribution >= 0.6 is 0 Å². The first-order valence-corrected chi connectivity index (χ1v) is 8.06. The summed E-state index contributed by atoms with van der Waals surface area (Å²) in [6.45, 7) is 1.22. The predicted molar refractivity (Wildman–Crippen MR) is 88.3 cm³/mol. The molecular weight excluding hydrogens is 309 g/mol. The highest BCUT2D eigenvalue weighted by molar-refractivity contribution is 5.76. The van der Waals surface area contributed by atoms with Crippen molar-refractivity contribution in [2.45, 2.75) is 25.4 Å². The number of benzene rings is 2. The van der Waals surface area contributed by atoms with E-state index < -0.39 is 11.9 Å². The second-order valence-electron chi connectivity index (χ2n) is 5.92. The molecule has 0 saturated carbocycles. The lowest BCUT2D eigenvalue weighted by Gasteiger charge is -2.11. The number of carbonyl (C=O) groups is 1. The summed E-state index contributed by atoms with van der Waals surface area (Å²) in [6, 6.07) is 11.7. The SMILES string of the molecule is O=C(CC(O)c1cccc(F)c1)NCCc1ccc2c(c1)CCO2. The van der Waals surface area contributed by atoms with Gasteiger partial charge < -0.3 is 15.2 Å². The van der Waals surface area contributed by atoms with E-state index in [0.717, 1.165) is 30.8 Å². The lowest BCUT2D eigenvalue weighted by atomic mass is 10.1. The largest absolute Gasteiger partial charge is 0.493 e. The van der Waals surface area contributed by atoms with Crippen LogP contribution < -0.4 is 10.1 Å². The molecule has 1 unspecified atom stereocenters. The van der Waals surface area contributed by atoms with Crippen molar-refractivity contribution in [1.82, 2.24) is 5.32 Å². The highest BCUT2D eigenvalue weighted by atomic mass is 19.1. The van der Waals surface area contributed by atoms with E-state index >= 15 is 0 Å². The molecule has 0 radical (unpaired) electrons. The minimum Gasteiger partial charge on any atom is -0.493 e. The molecular formula is C19H20FNO3. The van der Waals surface area contributed by atoms with Crippen molar-refractivity contribution in [3.8, 4) is 5.75 Å². The van der Waals surface area contributed by atoms with Crippen molar-refractivity contribution < 1.29 is 19.0 Å². The molecule has 1 aliphatic heterocycles. The molecule has 0 spiro atoms. The molecule has 126 valence electrons. The van der Waals surface area contributed by atoms with E-state index in [1.807, 2.05) is 12.1 Å². The maximum absolute atomic E-state index is 13.1. The fourth-order valence-corrected chi connectivity index (χ4v) is 2.82. The van der Waals surface area contributed by atoms with Crippen LogP contribution in [0.25, 0.3) is 0 Å². The quantitative estimate of drug-likeness (QED) is 0.856. The van der Waals surface area contributed by atoms with Crippen molar-refractivity contribution in [2.75, 3.05) is 13.2 Å². The second-order valence-corrected chi connectivity index (χ2v) is 5.92. The molecule has 5 heteroatoms. The van der Waals surface area contributed by atoms with Crippen LogP contribution in [0.1, 0.15) is 29.2 Å². The maximum Gasteiger partial charge on any atom is 0.222 e. The zero-order valence-corrected chi connectivity index (χ0v) is 13.3. The minimum atomic E-state index is -1.00. The molecule has 1 amide bonds. The smallest absolute Gasteiger partial charge is 0.222 e. The molecule has 24 heavy (non-hydrogen) atoms. The van der Waals surface area contributed by atoms with Crippen molar-refractivity contribution in [2.24, 2.45) is 0 Å². The Bertz CT molecular complexity index is 732. The number of hydrogen-bond donors (Lipinski definition) is 2. The molecule has 2 aromatic carbocycles. The third kappa shape index (κ3) is 4.11. The predicted octanol–water partition coefficient (Wildman–Crippen LogP) is 2.54. The number of ether oxygens (including phenoxy) is 1. The number of amides is 1. The van der Waals surface area contributed by atoms with Crippen LogP contribution in [-0.4, -0.2) is 24.2 Å². The Morgan fingerprint density at radius 2 is 2.17 bits per heavy atom. The first kappa shape index (κ1) is 16.5. The van der Waals surface area contributed by atoms with Gasteiger partial charge in [-0.3, -0.25) is 4.79 Å². The van der Waals surface area contributed by atoms with Gasteiger partial charge in [0.25, 0.3) is 0 Å². The van der Waals surface area contributed by atoms with Crippen LogP contribution in [0.4, 0.5) is 4.39 Å². The Kier molecular flexibility index (Phi) is 5.11. The average molecular weight is 329 g/mol. The third-order valence-corrected chi connectivity index (χ3v) is 4.10. The maximum atomic E-state index is 13.1. The third-order valence-electron chi connectivity index (χ3n) is 4.10. The Hall–Kier alpha value is -2.40. The molecule has 2 aromatic rings. The molecule has 0 aliphatic carbocycles. The molecule has 1 heterocycles. The lowest BCUT2D eigenvalue weighted by Crippen LogP contribution is -2.27. The van der Waals surface area contributed by atoms with Crippen LogP contribution in [0.3, 0.4) is 0 Å². The zero-order chi connectivity index (χ0) is 16.9. The standard InChI is InChI=1S/C19H20FNO3/c20-16-3-1-2-14(11-16)17(22)12-19(23)21-8-6-13-4-5-18-15(10-13)7-9-24-18/h1-5,10-11,17,22H,6-9,12H2,(H,21,23). The number of carbonyl (C=O) groups excluding carboxylic acids is 1. The topological polar surface area (TPSA) is 58.6 Å². The molecule has 0 aromatic heterocycles. The molecule has 3 rings (SSSR count). The van der Waals surface area contributed by atoms with E-state index in [4.69, 9.17) is 4.74 Å². The van der Waals surface area contributed by atoms with Crippen molar-refractivity contribution in [3.05, 3.63) is 65.0 Å². The summed E-state index contributed by atoms with van der Waals surface area (Å²) < 4.78 is 18.6. The van der Waals surface area contributed by atoms with Gasteiger partial charge in [0.2, 0.25) is 5.91 Å². The molecule has 2 N–H and O–H groups in total. The summed E-state index contributed by atoms with van der Waals surface area (Å²) in [4.78, 5) is 11.9. The van der Waals surface area contributed by atoms with Gasteiger partial charge in [-0.1, -0.05) is 24.3 Å². The van der Waals surface area contributed by atoms with Crippen molar-refractivity contribution in [1.29, 1.82) is 0 Å². The summed E-state index contributed by atoms with van der Waals surface area (Å²) in [5, 5.41) is 12.8. The van der Waals surface area contributed by atoms with Gasteiger partial charge in [-0.25, -0.2) is 4.39 Å². The van der Waals surface area contributed by atoms with Crippen molar-refractivity contribution in [3.63, 3.8) is 0 Å². The number of hydrogen-bond acceptors (Lipinski definition) is 3. The lowest BCUT2D eigenvalue weighted by molar-refractivity contribution is -0.123. The molecule has 0 fully saturated rings. The number of nitrogens with one attached hydrogen (secondary N) is 1. The van der Waals surface area contributed by atoms with Gasteiger partial charge in [0.05, 0.1) is 19.1 Å². The first-order chi connectivity index (χ1) is 11.6. The van der Waals surface area contributed by atoms with Gasteiger partial charge in [-0.2, -0.15) is 0 Å². The van der Waals surface area contributed by atoms with Gasteiger partial charge in [0.15, 0.2) is 0 Å². The summed E-state index contributed by atoms with van der Waals surface area (Å²) in [5.74, 6) is 0.268. The minimum absolute atomic E-state index is 0.0819. The molecule has 0 saturated heterocycles. The number of halogens is 1. The van der Waals surface area contributed by atoms with E-state index in [1.54, 1.807) is 6.07 Å². The fraction of sp³-hybridized carbons (Fsp3) is 0.316. The van der Waals surface area contributed by atoms with E-state index in [1.165, 1.54) is 23.8 Å². The van der Waals surface area contributed by atoms with E-state index in [-0.39, 0.29) is 12.3 Å². The Balaban J connectivity index is 1.45. The zero-order valence-electron chi connectivity index (χ0n) is 13.3. The number of aliphatic hydroxyl groups excluding tert-OH is 1. The molecule has 4 nitrogen and oxygen atoms in total. The van der Waals surface area contributed by atoms with Gasteiger partial charge >= 0.3 is 0 Å². The number of aliphatic hydroxyl groups is 1. The van der Waals surface area contributed by atoms with Gasteiger partial charge in [-0.05, 0) is 41.3 Å². The summed E-state index contributed by atoms with van der Waals surface area (Å²) >= 11 is 0. The average Bonchev–Trinajstić information content (AvgIpc) is 3.02. The Morgan fingerprint density at radius 3 is 3.00 bits per heavy atom. The highest BCUT2D eigenvalue weighted by Crippen LogP contribution is 2.25. The van der Waals surface area contributed by atoms with Crippen LogP contribution in [0.2, 0.25) is 0 Å². The van der Waals surface area contributed by atoms with Crippen LogP contribution in [0, 0.1) is 5.82 Å². The summed E-state index contributed by atoms with van der Waals surface area (Å²) in [5.41, 5.74) is 2.76. The van der Waals surface area contributed by atoms with Crippen molar-refractivity contribution >= 4 is 5.91 Å². The van der Waals surface area contributed by atoms with E-state index in [2.05, 4.69) is 11.4 Å². The molecule has 1 atom stereocenters. The number of fused-ring (bicyclic) bond motifs is 1. The van der Waals surface area contributed by atoms with Crippen LogP contribution in [-0.2, 0) is 17.6 Å². The van der Waals surface area contributed by atoms with Crippen LogP contribution in [0.15, 0.2) is 42.5 Å². The number of rotatable bonds is 6. The van der Waals surface area contributed by atoms with Crippen LogP contribution in [0.5, 0.6) is 5.75 Å². The second kappa shape index (κ2) is 7.45. The normalized spacial score (nSPS) is 13.9. The highest BCUT2D eigenvalue weighted by Gasteiger charge is 2.14. The van der Waals surface area contributed by atoms with Gasteiger partial charge in [0, 0.05) is 13.0 Å². The van der Waals surface area contributed by atoms with E-state index in [9.17, 15) is 14.3 Å². The molecule has 0 bridgehead atoms. The Labute approximate surface area is 140 Å². The summed E-state index contributed by atoms with van der Waals surface area (Å²) in [7, 11) is 0.